The number of carbonyl (C=O) groups is 1. The third kappa shape index (κ3) is 3.44. The van der Waals surface area contributed by atoms with Crippen LogP contribution in [0.5, 0.6) is 0 Å². The van der Waals surface area contributed by atoms with E-state index in [0.717, 1.165) is 32.1 Å². The Kier molecular flexibility index (Phi) is 4.56. The number of nitrogens with one attached hydrogen (secondary N) is 1. The summed E-state index contributed by atoms with van der Waals surface area (Å²) >= 11 is 0. The normalized spacial score (nSPS) is 27.6. The van der Waals surface area contributed by atoms with Crippen LogP contribution in [0.15, 0.2) is 24.3 Å². The Labute approximate surface area is 126 Å². The van der Waals surface area contributed by atoms with Gasteiger partial charge >= 0.3 is 0 Å². The third-order valence-corrected chi connectivity index (χ3v) is 4.64. The van der Waals surface area contributed by atoms with Crippen molar-refractivity contribution in [3.8, 4) is 0 Å². The van der Waals surface area contributed by atoms with E-state index < -0.39 is 0 Å². The molecule has 1 atom stereocenters. The fraction of sp³-hybridized carbons (Fsp3) is 0.588. The molecule has 2 aliphatic rings. The largest absolute Gasteiger partial charge is 0.376 e. The summed E-state index contributed by atoms with van der Waals surface area (Å²) in [6, 6.07) is 8.51. The maximum Gasteiger partial charge on any atom is 0.227 e. The topological polar surface area (TPSA) is 64.3 Å². The van der Waals surface area contributed by atoms with E-state index in [2.05, 4.69) is 11.4 Å². The number of hydrogen-bond acceptors (Lipinski definition) is 3. The van der Waals surface area contributed by atoms with E-state index in [0.29, 0.717) is 25.3 Å². The van der Waals surface area contributed by atoms with Crippen LogP contribution in [-0.4, -0.2) is 31.2 Å². The molecule has 1 amide bonds. The molecule has 3 N–H and O–H groups in total. The SMILES string of the molecule is NC1CCC(OCCNC(=O)C2Cc3ccccc32)CC1. The highest BCUT2D eigenvalue weighted by molar-refractivity contribution is 5.86. The summed E-state index contributed by atoms with van der Waals surface area (Å²) in [5, 5.41) is 2.99. The van der Waals surface area contributed by atoms with E-state index in [4.69, 9.17) is 10.5 Å². The van der Waals surface area contributed by atoms with Crippen LogP contribution in [0, 0.1) is 0 Å². The molecule has 0 aromatic heterocycles. The van der Waals surface area contributed by atoms with Gasteiger partial charge in [0, 0.05) is 12.6 Å². The second kappa shape index (κ2) is 6.58. The van der Waals surface area contributed by atoms with Crippen molar-refractivity contribution in [2.75, 3.05) is 13.2 Å². The first kappa shape index (κ1) is 14.5. The van der Waals surface area contributed by atoms with Crippen LogP contribution in [-0.2, 0) is 16.0 Å². The van der Waals surface area contributed by atoms with Gasteiger partial charge in [0.15, 0.2) is 0 Å². The monoisotopic (exact) mass is 288 g/mol. The Morgan fingerprint density at radius 1 is 1.24 bits per heavy atom. The molecule has 0 radical (unpaired) electrons. The van der Waals surface area contributed by atoms with Crippen LogP contribution in [0.1, 0.15) is 42.7 Å². The standard InChI is InChI=1S/C17H24N2O2/c18-13-5-7-14(8-6-13)21-10-9-19-17(20)16-11-12-3-1-2-4-15(12)16/h1-4,13-14,16H,5-11,18H2,(H,19,20). The number of rotatable bonds is 5. The highest BCUT2D eigenvalue weighted by Gasteiger charge is 2.31. The number of ether oxygens (including phenoxy) is 1. The maximum atomic E-state index is 12.1. The van der Waals surface area contributed by atoms with Crippen molar-refractivity contribution in [3.63, 3.8) is 0 Å². The highest BCUT2D eigenvalue weighted by atomic mass is 16.5. The van der Waals surface area contributed by atoms with Gasteiger partial charge < -0.3 is 15.8 Å². The number of benzene rings is 1. The van der Waals surface area contributed by atoms with Gasteiger partial charge in [0.05, 0.1) is 18.6 Å². The predicted octanol–water partition coefficient (Wildman–Crippen LogP) is 1.73. The third-order valence-electron chi connectivity index (χ3n) is 4.64. The molecule has 114 valence electrons. The molecular weight excluding hydrogens is 264 g/mol. The molecule has 4 nitrogen and oxygen atoms in total. The number of nitrogens with two attached hydrogens (primary N) is 1. The number of amides is 1. The average molecular weight is 288 g/mol. The van der Waals surface area contributed by atoms with Crippen LogP contribution in [0.4, 0.5) is 0 Å². The number of fused-ring (bicyclic) bond motifs is 1. The summed E-state index contributed by atoms with van der Waals surface area (Å²) in [5.41, 5.74) is 8.35. The summed E-state index contributed by atoms with van der Waals surface area (Å²) in [4.78, 5) is 12.1. The molecule has 2 aliphatic carbocycles. The summed E-state index contributed by atoms with van der Waals surface area (Å²) in [6.45, 7) is 1.19. The molecule has 1 aromatic carbocycles. The molecular formula is C17H24N2O2. The summed E-state index contributed by atoms with van der Waals surface area (Å²) in [7, 11) is 0. The Bertz CT molecular complexity index is 495. The van der Waals surface area contributed by atoms with Gasteiger partial charge in [-0.2, -0.15) is 0 Å². The predicted molar refractivity (Wildman–Crippen MR) is 82.1 cm³/mol. The molecule has 21 heavy (non-hydrogen) atoms. The molecule has 0 aliphatic heterocycles. The van der Waals surface area contributed by atoms with Crippen molar-refractivity contribution in [2.45, 2.75) is 50.2 Å². The molecule has 0 spiro atoms. The Hall–Kier alpha value is -1.39. The minimum atomic E-state index is 0.0360. The number of carbonyl (C=O) groups excluding carboxylic acids is 1. The second-order valence-corrected chi connectivity index (χ2v) is 6.15. The van der Waals surface area contributed by atoms with E-state index in [9.17, 15) is 4.79 Å². The molecule has 1 fully saturated rings. The second-order valence-electron chi connectivity index (χ2n) is 6.15. The lowest BCUT2D eigenvalue weighted by atomic mass is 9.77. The van der Waals surface area contributed by atoms with Crippen LogP contribution in [0.3, 0.4) is 0 Å². The van der Waals surface area contributed by atoms with Gasteiger partial charge in [-0.25, -0.2) is 0 Å². The fourth-order valence-electron chi connectivity index (χ4n) is 3.27. The highest BCUT2D eigenvalue weighted by Crippen LogP contribution is 2.34. The Balaban J connectivity index is 1.34. The molecule has 0 saturated heterocycles. The molecule has 3 rings (SSSR count). The molecule has 1 saturated carbocycles. The van der Waals surface area contributed by atoms with Gasteiger partial charge in [-0.1, -0.05) is 24.3 Å². The van der Waals surface area contributed by atoms with Gasteiger partial charge in [-0.3, -0.25) is 4.79 Å². The van der Waals surface area contributed by atoms with Crippen molar-refractivity contribution in [2.24, 2.45) is 5.73 Å². The molecule has 1 unspecified atom stereocenters. The molecule has 4 heteroatoms. The zero-order valence-corrected chi connectivity index (χ0v) is 12.4. The lowest BCUT2D eigenvalue weighted by molar-refractivity contribution is -0.123. The van der Waals surface area contributed by atoms with Crippen molar-refractivity contribution >= 4 is 5.91 Å². The van der Waals surface area contributed by atoms with Crippen molar-refractivity contribution in [3.05, 3.63) is 35.4 Å². The number of hydrogen-bond donors (Lipinski definition) is 2. The smallest absolute Gasteiger partial charge is 0.227 e. The summed E-state index contributed by atoms with van der Waals surface area (Å²) in [6.07, 6.45) is 5.39. The molecule has 0 heterocycles. The minimum Gasteiger partial charge on any atom is -0.376 e. The average Bonchev–Trinajstić information content (AvgIpc) is 2.47. The van der Waals surface area contributed by atoms with Crippen molar-refractivity contribution < 1.29 is 9.53 Å². The Morgan fingerprint density at radius 2 is 2.00 bits per heavy atom. The van der Waals surface area contributed by atoms with Gasteiger partial charge in [-0.15, -0.1) is 0 Å². The minimum absolute atomic E-state index is 0.0360. The van der Waals surface area contributed by atoms with Crippen LogP contribution in [0.2, 0.25) is 0 Å². The lowest BCUT2D eigenvalue weighted by Crippen LogP contribution is -2.38. The quantitative estimate of drug-likeness (QED) is 0.811. The van der Waals surface area contributed by atoms with E-state index in [1.807, 2.05) is 18.2 Å². The van der Waals surface area contributed by atoms with Crippen molar-refractivity contribution in [1.82, 2.24) is 5.32 Å². The first-order valence-corrected chi connectivity index (χ1v) is 7.96. The zero-order chi connectivity index (χ0) is 14.7. The lowest BCUT2D eigenvalue weighted by Gasteiger charge is -2.29. The molecule has 0 bridgehead atoms. The van der Waals surface area contributed by atoms with Crippen LogP contribution < -0.4 is 11.1 Å². The van der Waals surface area contributed by atoms with Crippen LogP contribution >= 0.6 is 0 Å². The first-order valence-electron chi connectivity index (χ1n) is 7.96. The van der Waals surface area contributed by atoms with E-state index in [1.54, 1.807) is 0 Å². The summed E-state index contributed by atoms with van der Waals surface area (Å²) in [5.74, 6) is 0.164. The van der Waals surface area contributed by atoms with E-state index >= 15 is 0 Å². The van der Waals surface area contributed by atoms with Gasteiger partial charge in [0.2, 0.25) is 5.91 Å². The zero-order valence-electron chi connectivity index (χ0n) is 12.4. The fourth-order valence-corrected chi connectivity index (χ4v) is 3.27. The molecule has 1 aromatic rings. The van der Waals surface area contributed by atoms with Gasteiger partial charge in [-0.05, 0) is 43.2 Å². The van der Waals surface area contributed by atoms with Crippen molar-refractivity contribution in [1.29, 1.82) is 0 Å². The van der Waals surface area contributed by atoms with Crippen LogP contribution in [0.25, 0.3) is 0 Å². The van der Waals surface area contributed by atoms with E-state index in [1.165, 1.54) is 11.1 Å². The Morgan fingerprint density at radius 3 is 2.76 bits per heavy atom. The van der Waals surface area contributed by atoms with Gasteiger partial charge in [0.1, 0.15) is 0 Å². The summed E-state index contributed by atoms with van der Waals surface area (Å²) < 4.78 is 5.81. The van der Waals surface area contributed by atoms with E-state index in [-0.39, 0.29) is 11.8 Å². The first-order chi connectivity index (χ1) is 10.2. The van der Waals surface area contributed by atoms with Gasteiger partial charge in [0.25, 0.3) is 0 Å². The maximum absolute atomic E-state index is 12.1.